The van der Waals surface area contributed by atoms with Crippen molar-refractivity contribution in [2.75, 3.05) is 7.05 Å². The van der Waals surface area contributed by atoms with Crippen molar-refractivity contribution in [3.63, 3.8) is 0 Å². The van der Waals surface area contributed by atoms with E-state index in [4.69, 9.17) is 0 Å². The third-order valence-corrected chi connectivity index (χ3v) is 3.49. The van der Waals surface area contributed by atoms with Gasteiger partial charge in [-0.3, -0.25) is 9.59 Å². The van der Waals surface area contributed by atoms with Crippen LogP contribution in [0.4, 0.5) is 5.69 Å². The summed E-state index contributed by atoms with van der Waals surface area (Å²) in [6.45, 7) is 1.50. The van der Waals surface area contributed by atoms with Gasteiger partial charge in [-0.1, -0.05) is 17.4 Å². The second-order valence-electron chi connectivity index (χ2n) is 5.38. The van der Waals surface area contributed by atoms with Crippen LogP contribution in [-0.2, 0) is 11.2 Å². The highest BCUT2D eigenvalue weighted by Gasteiger charge is 2.08. The van der Waals surface area contributed by atoms with E-state index < -0.39 is 0 Å². The van der Waals surface area contributed by atoms with Crippen molar-refractivity contribution in [2.24, 2.45) is 10.3 Å². The number of ketones is 1. The maximum Gasteiger partial charge on any atom is 0.244 e. The molecule has 0 aromatic heterocycles. The summed E-state index contributed by atoms with van der Waals surface area (Å²) in [7, 11) is 1.55. The first kappa shape index (κ1) is 17.3. The third kappa shape index (κ3) is 5.01. The minimum Gasteiger partial charge on any atom is -0.508 e. The molecule has 6 nitrogen and oxygen atoms in total. The Kier molecular flexibility index (Phi) is 5.78. The fourth-order valence-corrected chi connectivity index (χ4v) is 2.01. The molecule has 2 rings (SSSR count). The van der Waals surface area contributed by atoms with Crippen molar-refractivity contribution >= 4 is 17.4 Å². The van der Waals surface area contributed by atoms with E-state index in [1.807, 2.05) is 0 Å². The lowest BCUT2D eigenvalue weighted by molar-refractivity contribution is -0.130. The van der Waals surface area contributed by atoms with Gasteiger partial charge in [0, 0.05) is 19.0 Å². The lowest BCUT2D eigenvalue weighted by Crippen LogP contribution is -2.20. The van der Waals surface area contributed by atoms with Crippen molar-refractivity contribution in [3.8, 4) is 5.75 Å². The maximum atomic E-state index is 12.0. The number of phenols is 1. The summed E-state index contributed by atoms with van der Waals surface area (Å²) >= 11 is 0. The van der Waals surface area contributed by atoms with Crippen LogP contribution >= 0.6 is 0 Å². The number of nitrogens with zero attached hydrogens (tertiary/aromatic N) is 3. The molecule has 0 aliphatic rings. The SMILES string of the molecule is CC(=O)c1ccc(N=NN(C)C(=O)CCc2ccc(O)cc2)cc1. The lowest BCUT2D eigenvalue weighted by Gasteiger charge is -2.09. The molecule has 0 aliphatic carbocycles. The number of aromatic hydroxyl groups is 1. The van der Waals surface area contributed by atoms with Crippen molar-refractivity contribution in [1.29, 1.82) is 0 Å². The number of hydrogen-bond acceptors (Lipinski definition) is 5. The van der Waals surface area contributed by atoms with Crippen LogP contribution in [0.3, 0.4) is 0 Å². The Balaban J connectivity index is 1.88. The summed E-state index contributed by atoms with van der Waals surface area (Å²) in [4.78, 5) is 23.2. The van der Waals surface area contributed by atoms with Crippen LogP contribution in [0.2, 0.25) is 0 Å². The monoisotopic (exact) mass is 325 g/mol. The average molecular weight is 325 g/mol. The number of rotatable bonds is 6. The molecule has 0 unspecified atom stereocenters. The van der Waals surface area contributed by atoms with E-state index in [2.05, 4.69) is 10.3 Å². The normalized spacial score (nSPS) is 10.8. The highest BCUT2D eigenvalue weighted by Crippen LogP contribution is 2.15. The maximum absolute atomic E-state index is 12.0. The number of hydrogen-bond donors (Lipinski definition) is 1. The Labute approximate surface area is 140 Å². The van der Waals surface area contributed by atoms with E-state index >= 15 is 0 Å². The summed E-state index contributed by atoms with van der Waals surface area (Å²) in [5, 5.41) is 18.3. The second-order valence-corrected chi connectivity index (χ2v) is 5.38. The van der Waals surface area contributed by atoms with Gasteiger partial charge in [-0.2, -0.15) is 0 Å². The molecule has 0 atom stereocenters. The minimum atomic E-state index is -0.160. The molecule has 0 aliphatic heterocycles. The second kappa shape index (κ2) is 8.01. The van der Waals surface area contributed by atoms with Gasteiger partial charge in [0.05, 0.1) is 5.69 Å². The van der Waals surface area contributed by atoms with Crippen LogP contribution < -0.4 is 0 Å². The van der Waals surface area contributed by atoms with Crippen LogP contribution in [0.15, 0.2) is 58.9 Å². The van der Waals surface area contributed by atoms with Gasteiger partial charge >= 0.3 is 0 Å². The summed E-state index contributed by atoms with van der Waals surface area (Å²) in [6, 6.07) is 13.4. The van der Waals surface area contributed by atoms with Gasteiger partial charge in [-0.15, -0.1) is 5.11 Å². The van der Waals surface area contributed by atoms with Crippen molar-refractivity contribution < 1.29 is 14.7 Å². The van der Waals surface area contributed by atoms with Gasteiger partial charge in [0.2, 0.25) is 5.91 Å². The van der Waals surface area contributed by atoms with Crippen LogP contribution in [0, 0.1) is 0 Å². The van der Waals surface area contributed by atoms with Crippen molar-refractivity contribution in [1.82, 2.24) is 5.01 Å². The molecule has 0 fully saturated rings. The molecule has 0 saturated carbocycles. The van der Waals surface area contributed by atoms with E-state index in [1.54, 1.807) is 55.6 Å². The molecule has 1 N–H and O–H groups in total. The fourth-order valence-electron chi connectivity index (χ4n) is 2.01. The standard InChI is InChI=1S/C18H19N3O3/c1-13(22)15-6-8-16(9-7-15)19-20-21(2)18(24)12-5-14-3-10-17(23)11-4-14/h3-4,6-11,23H,5,12H2,1-2H3. The molecule has 0 saturated heterocycles. The summed E-state index contributed by atoms with van der Waals surface area (Å²) < 4.78 is 0. The molecule has 0 radical (unpaired) electrons. The molecule has 24 heavy (non-hydrogen) atoms. The zero-order valence-electron chi connectivity index (χ0n) is 13.6. The number of aryl methyl sites for hydroxylation is 1. The smallest absolute Gasteiger partial charge is 0.244 e. The molecule has 6 heteroatoms. The van der Waals surface area contributed by atoms with Crippen LogP contribution in [0.1, 0.15) is 29.3 Å². The Bertz CT molecular complexity index is 737. The molecule has 124 valence electrons. The van der Waals surface area contributed by atoms with E-state index in [1.165, 1.54) is 11.9 Å². The molecular weight excluding hydrogens is 306 g/mol. The average Bonchev–Trinajstić information content (AvgIpc) is 2.59. The predicted molar refractivity (Wildman–Crippen MR) is 90.2 cm³/mol. The first-order valence-electron chi connectivity index (χ1n) is 7.53. The third-order valence-electron chi connectivity index (χ3n) is 3.49. The quantitative estimate of drug-likeness (QED) is 0.499. The molecule has 0 spiro atoms. The van der Waals surface area contributed by atoms with E-state index in [0.717, 1.165) is 5.56 Å². The Morgan fingerprint density at radius 2 is 1.67 bits per heavy atom. The number of Topliss-reactive ketones (excluding diaryl/α,β-unsaturated/α-hetero) is 1. The number of amides is 1. The fraction of sp³-hybridized carbons (Fsp3) is 0.222. The predicted octanol–water partition coefficient (Wildman–Crippen LogP) is 3.68. The number of phenolic OH excluding ortho intramolecular Hbond substituents is 1. The molecule has 1 amide bonds. The lowest BCUT2D eigenvalue weighted by atomic mass is 10.1. The molecule has 2 aromatic carbocycles. The first-order chi connectivity index (χ1) is 11.5. The largest absolute Gasteiger partial charge is 0.508 e. The van der Waals surface area contributed by atoms with Gasteiger partial charge in [0.15, 0.2) is 5.78 Å². The molecule has 2 aromatic rings. The van der Waals surface area contributed by atoms with Crippen molar-refractivity contribution in [3.05, 3.63) is 59.7 Å². The number of carbonyl (C=O) groups excluding carboxylic acids is 2. The molecule has 0 heterocycles. The summed E-state index contributed by atoms with van der Waals surface area (Å²) in [6.07, 6.45) is 0.857. The van der Waals surface area contributed by atoms with Gasteiger partial charge in [0.25, 0.3) is 0 Å². The Morgan fingerprint density at radius 3 is 2.25 bits per heavy atom. The molecular formula is C18H19N3O3. The van der Waals surface area contributed by atoms with Crippen LogP contribution in [0.5, 0.6) is 5.75 Å². The zero-order valence-corrected chi connectivity index (χ0v) is 13.6. The Morgan fingerprint density at radius 1 is 1.04 bits per heavy atom. The van der Waals surface area contributed by atoms with E-state index in [-0.39, 0.29) is 17.4 Å². The van der Waals surface area contributed by atoms with E-state index in [9.17, 15) is 14.7 Å². The zero-order chi connectivity index (χ0) is 17.5. The highest BCUT2D eigenvalue weighted by atomic mass is 16.3. The first-order valence-corrected chi connectivity index (χ1v) is 7.53. The van der Waals surface area contributed by atoms with Gasteiger partial charge in [-0.25, -0.2) is 5.01 Å². The topological polar surface area (TPSA) is 82.3 Å². The van der Waals surface area contributed by atoms with E-state index in [0.29, 0.717) is 24.1 Å². The highest BCUT2D eigenvalue weighted by molar-refractivity contribution is 5.94. The minimum absolute atomic E-state index is 0.0139. The van der Waals surface area contributed by atoms with Gasteiger partial charge in [0.1, 0.15) is 5.75 Å². The van der Waals surface area contributed by atoms with Crippen molar-refractivity contribution in [2.45, 2.75) is 19.8 Å². The Hall–Kier alpha value is -3.02. The summed E-state index contributed by atoms with van der Waals surface area (Å²) in [5.41, 5.74) is 2.14. The van der Waals surface area contributed by atoms with Crippen LogP contribution in [-0.4, -0.2) is 28.9 Å². The van der Waals surface area contributed by atoms with Crippen LogP contribution in [0.25, 0.3) is 0 Å². The summed E-state index contributed by atoms with van der Waals surface area (Å²) in [5.74, 6) is 0.0268. The molecule has 0 bridgehead atoms. The van der Waals surface area contributed by atoms with Gasteiger partial charge < -0.3 is 5.11 Å². The number of benzene rings is 2. The number of carbonyl (C=O) groups is 2. The van der Waals surface area contributed by atoms with Gasteiger partial charge in [-0.05, 0) is 55.3 Å².